The second kappa shape index (κ2) is 78.3. The summed E-state index contributed by atoms with van der Waals surface area (Å²) in [5, 5.41) is 10.7. The van der Waals surface area contributed by atoms with Gasteiger partial charge in [0.25, 0.3) is 0 Å². The molecule has 0 fully saturated rings. The van der Waals surface area contributed by atoms with Crippen molar-refractivity contribution in [2.24, 2.45) is 11.8 Å². The molecule has 0 aliphatic heterocycles. The summed E-state index contributed by atoms with van der Waals surface area (Å²) in [4.78, 5) is 73.2. The Bertz CT molecular complexity index is 2030. The molecule has 0 aliphatic rings. The van der Waals surface area contributed by atoms with E-state index in [0.29, 0.717) is 25.7 Å². The maximum Gasteiger partial charge on any atom is 0.472 e. The number of unbranched alkanes of at least 4 members (excludes halogenated alkanes) is 56. The van der Waals surface area contributed by atoms with Crippen LogP contribution in [0.5, 0.6) is 0 Å². The van der Waals surface area contributed by atoms with Gasteiger partial charge in [-0.1, -0.05) is 414 Å². The van der Waals surface area contributed by atoms with Crippen molar-refractivity contribution in [1.82, 2.24) is 0 Å². The van der Waals surface area contributed by atoms with E-state index in [1.807, 2.05) is 0 Å². The number of aliphatic hydroxyl groups excluding tert-OH is 1. The predicted octanol–water partition coefficient (Wildman–Crippen LogP) is 26.6. The molecule has 17 nitrogen and oxygen atoms in total. The first-order valence-electron chi connectivity index (χ1n) is 45.0. The van der Waals surface area contributed by atoms with Crippen molar-refractivity contribution in [3.05, 3.63) is 0 Å². The second-order valence-corrected chi connectivity index (χ2v) is 35.1. The minimum atomic E-state index is -4.97. The normalized spacial score (nSPS) is 13.8. The number of ether oxygens (including phenoxy) is 4. The summed E-state index contributed by atoms with van der Waals surface area (Å²) in [5.74, 6) is -0.528. The number of hydrogen-bond acceptors (Lipinski definition) is 15. The zero-order chi connectivity index (χ0) is 77.8. The van der Waals surface area contributed by atoms with Gasteiger partial charge in [0.2, 0.25) is 0 Å². The van der Waals surface area contributed by atoms with Crippen LogP contribution < -0.4 is 0 Å². The summed E-state index contributed by atoms with van der Waals surface area (Å²) < 4.78 is 68.9. The Morgan fingerprint density at radius 2 is 0.434 bits per heavy atom. The number of hydrogen-bond donors (Lipinski definition) is 3. The van der Waals surface area contributed by atoms with Gasteiger partial charge in [0, 0.05) is 25.7 Å². The molecule has 0 radical (unpaired) electrons. The van der Waals surface area contributed by atoms with Crippen molar-refractivity contribution in [2.75, 3.05) is 39.6 Å². The molecule has 0 amide bonds. The molecule has 630 valence electrons. The van der Waals surface area contributed by atoms with Gasteiger partial charge >= 0.3 is 39.5 Å². The van der Waals surface area contributed by atoms with E-state index in [2.05, 4.69) is 41.5 Å². The maximum atomic E-state index is 13.2. The van der Waals surface area contributed by atoms with Crippen LogP contribution in [-0.2, 0) is 65.4 Å². The molecule has 106 heavy (non-hydrogen) atoms. The number of aliphatic hydroxyl groups is 1. The van der Waals surface area contributed by atoms with Crippen molar-refractivity contribution in [2.45, 2.75) is 484 Å². The second-order valence-electron chi connectivity index (χ2n) is 32.2. The molecule has 0 aromatic heterocycles. The van der Waals surface area contributed by atoms with E-state index >= 15 is 0 Å². The minimum absolute atomic E-state index is 0.106. The van der Waals surface area contributed by atoms with E-state index in [4.69, 9.17) is 37.0 Å². The van der Waals surface area contributed by atoms with Gasteiger partial charge < -0.3 is 33.8 Å². The molecule has 0 saturated heterocycles. The van der Waals surface area contributed by atoms with E-state index < -0.39 is 97.5 Å². The summed E-state index contributed by atoms with van der Waals surface area (Å²) in [6.45, 7) is 9.68. The summed E-state index contributed by atoms with van der Waals surface area (Å²) in [6.07, 6.45) is 71.0. The zero-order valence-corrected chi connectivity index (χ0v) is 71.5. The fourth-order valence-corrected chi connectivity index (χ4v) is 15.2. The van der Waals surface area contributed by atoms with Crippen LogP contribution in [0, 0.1) is 11.8 Å². The third-order valence-corrected chi connectivity index (χ3v) is 22.4. The van der Waals surface area contributed by atoms with E-state index in [1.54, 1.807) is 0 Å². The molecule has 0 rings (SSSR count). The monoisotopic (exact) mass is 1550 g/mol. The Morgan fingerprint density at radius 1 is 0.255 bits per heavy atom. The average molecular weight is 1550 g/mol. The molecule has 0 spiro atoms. The van der Waals surface area contributed by atoms with E-state index in [0.717, 1.165) is 102 Å². The molecular formula is C87H170O17P2. The van der Waals surface area contributed by atoms with Crippen molar-refractivity contribution in [1.29, 1.82) is 0 Å². The Morgan fingerprint density at radius 3 is 0.642 bits per heavy atom. The predicted molar refractivity (Wildman–Crippen MR) is 437 cm³/mol. The Hall–Kier alpha value is -1.94. The fraction of sp³-hybridized carbons (Fsp3) is 0.954. The zero-order valence-electron chi connectivity index (χ0n) is 69.7. The van der Waals surface area contributed by atoms with Gasteiger partial charge in [-0.15, -0.1) is 0 Å². The van der Waals surface area contributed by atoms with Gasteiger partial charge in [0.1, 0.15) is 19.3 Å². The van der Waals surface area contributed by atoms with Crippen LogP contribution in [0.3, 0.4) is 0 Å². The Kier molecular flexibility index (Phi) is 76.9. The highest BCUT2D eigenvalue weighted by molar-refractivity contribution is 7.47. The quantitative estimate of drug-likeness (QED) is 0.0222. The lowest BCUT2D eigenvalue weighted by atomic mass is 10.0. The van der Waals surface area contributed by atoms with Gasteiger partial charge in [-0.2, -0.15) is 0 Å². The van der Waals surface area contributed by atoms with Gasteiger partial charge in [-0.25, -0.2) is 9.13 Å². The first kappa shape index (κ1) is 104. The van der Waals surface area contributed by atoms with E-state index in [1.165, 1.54) is 283 Å². The lowest BCUT2D eigenvalue weighted by molar-refractivity contribution is -0.161. The summed E-state index contributed by atoms with van der Waals surface area (Å²) >= 11 is 0. The number of phosphoric ester groups is 2. The highest BCUT2D eigenvalue weighted by atomic mass is 31.2. The Balaban J connectivity index is 5.20. The molecule has 0 aromatic rings. The molecule has 0 bridgehead atoms. The number of phosphoric acid groups is 2. The molecule has 3 N–H and O–H groups in total. The van der Waals surface area contributed by atoms with Crippen molar-refractivity contribution in [3.8, 4) is 0 Å². The molecule has 0 saturated carbocycles. The van der Waals surface area contributed by atoms with Crippen LogP contribution in [0.1, 0.15) is 465 Å². The highest BCUT2D eigenvalue weighted by Gasteiger charge is 2.30. The molecule has 0 aliphatic carbocycles. The lowest BCUT2D eigenvalue weighted by Gasteiger charge is -2.21. The number of carbonyl (C=O) groups excluding carboxylic acids is 4. The number of carbonyl (C=O) groups is 4. The fourth-order valence-electron chi connectivity index (χ4n) is 13.6. The third-order valence-electron chi connectivity index (χ3n) is 20.5. The van der Waals surface area contributed by atoms with Crippen LogP contribution in [0.2, 0.25) is 0 Å². The molecule has 0 heterocycles. The molecule has 5 atom stereocenters. The average Bonchev–Trinajstić information content (AvgIpc) is 0.900. The standard InChI is InChI=1S/C87H170O17P2/c1-7-9-11-13-15-17-19-20-21-22-23-24-25-26-31-34-37-40-47-53-59-65-71-86(91)103-83(76-98-85(90)70-64-58-52-46-39-36-33-30-28-27-29-32-35-38-43-49-55-61-67-79(3)4)78-102-106(95,96)100-74-81(88)73-99-105(93,94)101-77-82(75-97-84(89)69-63-57-51-45-18-16-14-12-10-8-2)104-87(92)72-66-60-54-48-42-41-44-50-56-62-68-80(5)6/h79-83,88H,7-78H2,1-6H3,(H,93,94)(H,95,96)/t81-,82+,83+/m0/s1. The largest absolute Gasteiger partial charge is 0.472 e. The molecule has 19 heteroatoms. The van der Waals surface area contributed by atoms with E-state index in [9.17, 15) is 43.2 Å². The van der Waals surface area contributed by atoms with Crippen LogP contribution in [0.4, 0.5) is 0 Å². The number of esters is 4. The Labute approximate surface area is 651 Å². The highest BCUT2D eigenvalue weighted by Crippen LogP contribution is 2.45. The van der Waals surface area contributed by atoms with Gasteiger partial charge in [-0.05, 0) is 37.5 Å². The van der Waals surface area contributed by atoms with E-state index in [-0.39, 0.29) is 25.7 Å². The van der Waals surface area contributed by atoms with Crippen LogP contribution in [0.15, 0.2) is 0 Å². The summed E-state index contributed by atoms with van der Waals surface area (Å²) in [5.41, 5.74) is 0. The van der Waals surface area contributed by atoms with Gasteiger partial charge in [0.15, 0.2) is 12.2 Å². The summed E-state index contributed by atoms with van der Waals surface area (Å²) in [7, 11) is -9.93. The smallest absolute Gasteiger partial charge is 0.462 e. The maximum absolute atomic E-state index is 13.2. The lowest BCUT2D eigenvalue weighted by Crippen LogP contribution is -2.30. The van der Waals surface area contributed by atoms with Gasteiger partial charge in [-0.3, -0.25) is 37.3 Å². The summed E-state index contributed by atoms with van der Waals surface area (Å²) in [6, 6.07) is 0. The SMILES string of the molecule is CCCCCCCCCCCCCCCCCCCCCCCCC(=O)O[C@H](COC(=O)CCCCCCCCCCCCCCCCCCCCC(C)C)COP(=O)(O)OC[C@@H](O)COP(=O)(O)OC[C@@H](COC(=O)CCCCCCCCCCCC)OC(=O)CCCCCCCCCCCCC(C)C. The first-order valence-corrected chi connectivity index (χ1v) is 48.0. The van der Waals surface area contributed by atoms with Gasteiger partial charge in [0.05, 0.1) is 26.4 Å². The van der Waals surface area contributed by atoms with Crippen LogP contribution >= 0.6 is 15.6 Å². The molecule has 0 aromatic carbocycles. The topological polar surface area (TPSA) is 237 Å². The molecular weight excluding hydrogens is 1380 g/mol. The molecule has 2 unspecified atom stereocenters. The van der Waals surface area contributed by atoms with Crippen molar-refractivity contribution in [3.63, 3.8) is 0 Å². The minimum Gasteiger partial charge on any atom is -0.462 e. The van der Waals surface area contributed by atoms with Crippen molar-refractivity contribution >= 4 is 39.5 Å². The van der Waals surface area contributed by atoms with Crippen LogP contribution in [0.25, 0.3) is 0 Å². The van der Waals surface area contributed by atoms with Crippen molar-refractivity contribution < 1.29 is 80.2 Å². The van der Waals surface area contributed by atoms with Crippen LogP contribution in [-0.4, -0.2) is 96.7 Å². The third kappa shape index (κ3) is 80.1. The number of rotatable bonds is 86. The first-order chi connectivity index (χ1) is 51.4.